The zero-order valence-electron chi connectivity index (χ0n) is 11.6. The third kappa shape index (κ3) is 10.0. The zero-order valence-corrected chi connectivity index (χ0v) is 11.6. The Labute approximate surface area is 103 Å². The van der Waals surface area contributed by atoms with E-state index >= 15 is 0 Å². The van der Waals surface area contributed by atoms with Crippen LogP contribution in [0.4, 0.5) is 0 Å². The highest BCUT2D eigenvalue weighted by Gasteiger charge is 1.99. The Bertz CT molecular complexity index is 198. The molecule has 1 atom stereocenters. The summed E-state index contributed by atoms with van der Waals surface area (Å²) in [6.07, 6.45) is 12.9. The summed E-state index contributed by atoms with van der Waals surface area (Å²) in [5.41, 5.74) is 1.56. The van der Waals surface area contributed by atoms with Gasteiger partial charge in [-0.05, 0) is 50.9 Å². The smallest absolute Gasteiger partial charge is 0.0145 e. The van der Waals surface area contributed by atoms with Crippen molar-refractivity contribution < 1.29 is 0 Å². The van der Waals surface area contributed by atoms with E-state index < -0.39 is 0 Å². The second-order valence-corrected chi connectivity index (χ2v) is 5.32. The first kappa shape index (κ1) is 15.5. The molecule has 0 fully saturated rings. The van der Waals surface area contributed by atoms with Crippen LogP contribution in [-0.2, 0) is 0 Å². The number of allylic oxidation sites excluding steroid dienone is 3. The highest BCUT2D eigenvalue weighted by Crippen LogP contribution is 2.15. The van der Waals surface area contributed by atoms with Crippen molar-refractivity contribution in [1.29, 1.82) is 0 Å². The topological polar surface area (TPSA) is 0 Å². The van der Waals surface area contributed by atoms with Crippen LogP contribution in [0.15, 0.2) is 24.3 Å². The third-order valence-electron chi connectivity index (χ3n) is 2.93. The van der Waals surface area contributed by atoms with Crippen molar-refractivity contribution in [3.8, 4) is 0 Å². The Morgan fingerprint density at radius 1 is 1.19 bits per heavy atom. The fourth-order valence-corrected chi connectivity index (χ4v) is 1.81. The van der Waals surface area contributed by atoms with Crippen molar-refractivity contribution in [2.75, 3.05) is 0 Å². The molecule has 0 aliphatic heterocycles. The molecular formula is C16H29. The molecule has 0 saturated heterocycles. The van der Waals surface area contributed by atoms with Gasteiger partial charge in [0.05, 0.1) is 0 Å². The standard InChI is InChI=1S/C16H29/c1-6-9-15(4)12-8-13-16(5)11-7-10-14(2)3/h6,9,13-15H,1,7-8,10-12H2,2-5H3. The second-order valence-electron chi connectivity index (χ2n) is 5.32. The summed E-state index contributed by atoms with van der Waals surface area (Å²) in [5, 5.41) is 0. The van der Waals surface area contributed by atoms with Gasteiger partial charge in [0, 0.05) is 0 Å². The summed E-state index contributed by atoms with van der Waals surface area (Å²) in [4.78, 5) is 0. The molecule has 0 amide bonds. The first-order valence-electron chi connectivity index (χ1n) is 6.67. The molecule has 0 aromatic heterocycles. The molecule has 1 unspecified atom stereocenters. The molecule has 0 aliphatic rings. The average molecular weight is 221 g/mol. The van der Waals surface area contributed by atoms with Gasteiger partial charge in [0.25, 0.3) is 0 Å². The monoisotopic (exact) mass is 221 g/mol. The third-order valence-corrected chi connectivity index (χ3v) is 2.93. The van der Waals surface area contributed by atoms with Crippen LogP contribution in [0, 0.1) is 18.3 Å². The molecule has 0 bridgehead atoms. The van der Waals surface area contributed by atoms with Gasteiger partial charge in [-0.3, -0.25) is 0 Å². The van der Waals surface area contributed by atoms with Crippen LogP contribution in [0.1, 0.15) is 59.8 Å². The molecule has 0 aromatic carbocycles. The molecule has 0 rings (SSSR count). The molecule has 0 aliphatic carbocycles. The molecular weight excluding hydrogens is 192 g/mol. The van der Waals surface area contributed by atoms with E-state index in [0.717, 1.165) is 5.92 Å². The van der Waals surface area contributed by atoms with Gasteiger partial charge in [-0.2, -0.15) is 0 Å². The van der Waals surface area contributed by atoms with Gasteiger partial charge in [0.2, 0.25) is 0 Å². The minimum absolute atomic E-state index is 0.664. The fourth-order valence-electron chi connectivity index (χ4n) is 1.81. The molecule has 0 aromatic rings. The van der Waals surface area contributed by atoms with Crippen molar-refractivity contribution in [3.05, 3.63) is 30.7 Å². The van der Waals surface area contributed by atoms with E-state index in [9.17, 15) is 0 Å². The lowest BCUT2D eigenvalue weighted by molar-refractivity contribution is 0.553. The van der Waals surface area contributed by atoms with Crippen LogP contribution < -0.4 is 0 Å². The highest BCUT2D eigenvalue weighted by atomic mass is 14.0. The molecule has 0 spiro atoms. The number of hydrogen-bond acceptors (Lipinski definition) is 0. The van der Waals surface area contributed by atoms with Crippen molar-refractivity contribution in [2.24, 2.45) is 11.8 Å². The lowest BCUT2D eigenvalue weighted by Crippen LogP contribution is -1.92. The van der Waals surface area contributed by atoms with E-state index in [1.165, 1.54) is 32.1 Å². The van der Waals surface area contributed by atoms with E-state index in [2.05, 4.69) is 46.8 Å². The van der Waals surface area contributed by atoms with Crippen molar-refractivity contribution in [2.45, 2.75) is 59.8 Å². The van der Waals surface area contributed by atoms with Crippen molar-refractivity contribution in [3.63, 3.8) is 0 Å². The normalized spacial score (nSPS) is 14.2. The maximum atomic E-state index is 3.73. The maximum absolute atomic E-state index is 3.73. The summed E-state index contributed by atoms with van der Waals surface area (Å²) in [5.74, 6) is 1.51. The van der Waals surface area contributed by atoms with E-state index in [4.69, 9.17) is 0 Å². The Hall–Kier alpha value is -0.520. The van der Waals surface area contributed by atoms with E-state index in [1.807, 2.05) is 6.08 Å². The van der Waals surface area contributed by atoms with Gasteiger partial charge >= 0.3 is 0 Å². The number of rotatable bonds is 9. The SMILES string of the molecule is C=C[CH]C(C)CCC=C(C)CCCC(C)C. The quantitative estimate of drug-likeness (QED) is 0.447. The Balaban J connectivity index is 3.58. The minimum atomic E-state index is 0.664. The summed E-state index contributed by atoms with van der Waals surface area (Å²) < 4.78 is 0. The molecule has 0 N–H and O–H groups in total. The van der Waals surface area contributed by atoms with Gasteiger partial charge in [-0.15, -0.1) is 6.58 Å². The Kier molecular flexibility index (Phi) is 9.37. The first-order valence-corrected chi connectivity index (χ1v) is 6.67. The van der Waals surface area contributed by atoms with Crippen molar-refractivity contribution in [1.82, 2.24) is 0 Å². The van der Waals surface area contributed by atoms with Crippen LogP contribution >= 0.6 is 0 Å². The largest absolute Gasteiger partial charge is 0.103 e. The molecule has 93 valence electrons. The van der Waals surface area contributed by atoms with E-state index in [-0.39, 0.29) is 0 Å². The number of hydrogen-bond donors (Lipinski definition) is 0. The minimum Gasteiger partial charge on any atom is -0.103 e. The molecule has 0 heterocycles. The van der Waals surface area contributed by atoms with Crippen molar-refractivity contribution >= 4 is 0 Å². The van der Waals surface area contributed by atoms with Gasteiger partial charge in [-0.1, -0.05) is 44.9 Å². The van der Waals surface area contributed by atoms with E-state index in [0.29, 0.717) is 5.92 Å². The molecule has 0 nitrogen and oxygen atoms in total. The van der Waals surface area contributed by atoms with Crippen LogP contribution in [0.25, 0.3) is 0 Å². The Morgan fingerprint density at radius 3 is 2.44 bits per heavy atom. The zero-order chi connectivity index (χ0) is 12.4. The van der Waals surface area contributed by atoms with Crippen LogP contribution in [0.2, 0.25) is 0 Å². The summed E-state index contributed by atoms with van der Waals surface area (Å²) in [6.45, 7) is 12.8. The van der Waals surface area contributed by atoms with Gasteiger partial charge in [0.1, 0.15) is 0 Å². The average Bonchev–Trinajstić information content (AvgIpc) is 2.17. The summed E-state index contributed by atoms with van der Waals surface area (Å²) in [6, 6.07) is 0. The van der Waals surface area contributed by atoms with Crippen LogP contribution in [-0.4, -0.2) is 0 Å². The predicted molar refractivity (Wildman–Crippen MR) is 75.3 cm³/mol. The summed E-state index contributed by atoms with van der Waals surface area (Å²) in [7, 11) is 0. The molecule has 1 radical (unpaired) electrons. The van der Waals surface area contributed by atoms with Gasteiger partial charge < -0.3 is 0 Å². The predicted octanol–water partition coefficient (Wildman–Crippen LogP) is 5.57. The lowest BCUT2D eigenvalue weighted by atomic mass is 9.99. The Morgan fingerprint density at radius 2 is 1.88 bits per heavy atom. The van der Waals surface area contributed by atoms with E-state index in [1.54, 1.807) is 5.57 Å². The second kappa shape index (κ2) is 9.69. The maximum Gasteiger partial charge on any atom is -0.0145 e. The van der Waals surface area contributed by atoms with Gasteiger partial charge in [0.15, 0.2) is 0 Å². The van der Waals surface area contributed by atoms with Crippen LogP contribution in [0.5, 0.6) is 0 Å². The lowest BCUT2D eigenvalue weighted by Gasteiger charge is -2.07. The summed E-state index contributed by atoms with van der Waals surface area (Å²) >= 11 is 0. The molecule has 0 heteroatoms. The van der Waals surface area contributed by atoms with Crippen LogP contribution in [0.3, 0.4) is 0 Å². The fraction of sp³-hybridized carbons (Fsp3) is 0.688. The molecule has 16 heavy (non-hydrogen) atoms. The first-order chi connectivity index (χ1) is 7.56. The molecule has 0 saturated carbocycles. The van der Waals surface area contributed by atoms with Gasteiger partial charge in [-0.25, -0.2) is 0 Å². The highest BCUT2D eigenvalue weighted by molar-refractivity contribution is 4.99.